The molecule has 9 nitrogen and oxygen atoms in total. The second-order valence-corrected chi connectivity index (χ2v) is 9.63. The van der Waals surface area contributed by atoms with E-state index in [1.807, 2.05) is 6.92 Å². The van der Waals surface area contributed by atoms with Gasteiger partial charge in [-0.3, -0.25) is 19.3 Å². The normalized spacial score (nSPS) is 19.4. The van der Waals surface area contributed by atoms with Crippen molar-refractivity contribution in [1.82, 2.24) is 14.6 Å². The van der Waals surface area contributed by atoms with Crippen LogP contribution in [-0.4, -0.2) is 60.7 Å². The molecule has 162 valence electrons. The Bertz CT molecular complexity index is 947. The minimum Gasteiger partial charge on any atom is -0.277 e. The van der Waals surface area contributed by atoms with Crippen LogP contribution >= 0.6 is 0 Å². The van der Waals surface area contributed by atoms with E-state index in [-0.39, 0.29) is 61.0 Å². The fraction of sp³-hybridized carbons (Fsp3) is 0.500. The quantitative estimate of drug-likeness (QED) is 0.408. The van der Waals surface area contributed by atoms with E-state index in [1.54, 1.807) is 31.2 Å². The average Bonchev–Trinajstić information content (AvgIpc) is 3.04. The first-order chi connectivity index (χ1) is 14.2. The number of nitrogens with one attached hydrogen (secondary N) is 1. The zero-order valence-corrected chi connectivity index (χ0v) is 17.9. The largest absolute Gasteiger partial charge is 0.277 e. The van der Waals surface area contributed by atoms with Crippen molar-refractivity contribution in [3.8, 4) is 0 Å². The maximum Gasteiger partial charge on any atom is 0.243 e. The SMILES string of the molecule is C/C(CN1C(=O)CCC1=O)=N/NC(=O)C1CCN(S(=O)(=O)c2ccc(C)cc2)CC1. The minimum atomic E-state index is -3.57. The molecule has 1 N–H and O–H groups in total. The summed E-state index contributed by atoms with van der Waals surface area (Å²) in [4.78, 5) is 37.1. The first-order valence-electron chi connectivity index (χ1n) is 9.91. The highest BCUT2D eigenvalue weighted by Gasteiger charge is 2.32. The predicted octanol–water partition coefficient (Wildman–Crippen LogP) is 1.04. The molecular weight excluding hydrogens is 408 g/mol. The van der Waals surface area contributed by atoms with E-state index in [4.69, 9.17) is 0 Å². The van der Waals surface area contributed by atoms with E-state index in [2.05, 4.69) is 10.5 Å². The molecule has 0 atom stereocenters. The van der Waals surface area contributed by atoms with Crippen LogP contribution in [0.25, 0.3) is 0 Å². The number of hydrogen-bond donors (Lipinski definition) is 1. The van der Waals surface area contributed by atoms with E-state index >= 15 is 0 Å². The van der Waals surface area contributed by atoms with Crippen molar-refractivity contribution in [1.29, 1.82) is 0 Å². The number of hydrogen-bond acceptors (Lipinski definition) is 6. The second kappa shape index (κ2) is 9.05. The minimum absolute atomic E-state index is 0.0607. The number of rotatable bonds is 6. The molecule has 1 aromatic carbocycles. The van der Waals surface area contributed by atoms with Crippen molar-refractivity contribution >= 4 is 33.5 Å². The van der Waals surface area contributed by atoms with Gasteiger partial charge in [-0.2, -0.15) is 9.41 Å². The molecule has 3 amide bonds. The van der Waals surface area contributed by atoms with Gasteiger partial charge in [0.15, 0.2) is 0 Å². The number of carbonyl (C=O) groups is 3. The molecule has 0 saturated carbocycles. The third kappa shape index (κ3) is 4.93. The third-order valence-corrected chi connectivity index (χ3v) is 7.30. The standard InChI is InChI=1S/C20H26N4O5S/c1-14-3-5-17(6-4-14)30(28,29)23-11-9-16(10-12-23)20(27)22-21-15(2)13-24-18(25)7-8-19(24)26/h3-6,16H,7-13H2,1-2H3,(H,22,27)/b21-15-. The Balaban J connectivity index is 1.52. The van der Waals surface area contributed by atoms with Crippen LogP contribution < -0.4 is 5.43 Å². The van der Waals surface area contributed by atoms with E-state index < -0.39 is 10.0 Å². The maximum absolute atomic E-state index is 12.8. The lowest BCUT2D eigenvalue weighted by atomic mass is 9.98. The molecule has 0 radical (unpaired) electrons. The molecule has 30 heavy (non-hydrogen) atoms. The van der Waals surface area contributed by atoms with Gasteiger partial charge >= 0.3 is 0 Å². The van der Waals surface area contributed by atoms with E-state index in [0.29, 0.717) is 18.6 Å². The summed E-state index contributed by atoms with van der Waals surface area (Å²) in [6.07, 6.45) is 1.22. The van der Waals surface area contributed by atoms with Crippen molar-refractivity contribution in [2.45, 2.75) is 44.4 Å². The number of amides is 3. The Kier molecular flexibility index (Phi) is 6.67. The average molecular weight is 435 g/mol. The Hall–Kier alpha value is -2.59. The van der Waals surface area contributed by atoms with Gasteiger partial charge in [0.25, 0.3) is 0 Å². The van der Waals surface area contributed by atoms with Crippen LogP contribution in [0.5, 0.6) is 0 Å². The van der Waals surface area contributed by atoms with Crippen molar-refractivity contribution in [2.75, 3.05) is 19.6 Å². The highest BCUT2D eigenvalue weighted by molar-refractivity contribution is 7.89. The fourth-order valence-electron chi connectivity index (χ4n) is 3.52. The van der Waals surface area contributed by atoms with Crippen LogP contribution in [0.2, 0.25) is 0 Å². The molecule has 0 bridgehead atoms. The topological polar surface area (TPSA) is 116 Å². The fourth-order valence-corrected chi connectivity index (χ4v) is 4.99. The predicted molar refractivity (Wildman–Crippen MR) is 110 cm³/mol. The van der Waals surface area contributed by atoms with Crippen LogP contribution in [0.1, 0.15) is 38.2 Å². The van der Waals surface area contributed by atoms with Gasteiger partial charge in [-0.1, -0.05) is 17.7 Å². The van der Waals surface area contributed by atoms with Gasteiger partial charge in [0.2, 0.25) is 27.7 Å². The second-order valence-electron chi connectivity index (χ2n) is 7.69. The molecular formula is C20H26N4O5S. The van der Waals surface area contributed by atoms with Gasteiger partial charge < -0.3 is 0 Å². The molecule has 2 fully saturated rings. The van der Waals surface area contributed by atoms with Crippen LogP contribution in [0.3, 0.4) is 0 Å². The summed E-state index contributed by atoms with van der Waals surface area (Å²) in [5.41, 5.74) is 3.91. The Morgan fingerprint density at radius 1 is 1.10 bits per heavy atom. The molecule has 2 heterocycles. The Morgan fingerprint density at radius 3 is 2.23 bits per heavy atom. The molecule has 0 aliphatic carbocycles. The van der Waals surface area contributed by atoms with E-state index in [9.17, 15) is 22.8 Å². The van der Waals surface area contributed by atoms with Gasteiger partial charge in [0.05, 0.1) is 17.2 Å². The van der Waals surface area contributed by atoms with Gasteiger partial charge in [0.1, 0.15) is 0 Å². The number of sulfonamides is 1. The van der Waals surface area contributed by atoms with Gasteiger partial charge in [0, 0.05) is 31.8 Å². The molecule has 2 aliphatic rings. The van der Waals surface area contributed by atoms with E-state index in [1.165, 1.54) is 4.31 Å². The number of piperidine rings is 1. The number of carbonyl (C=O) groups excluding carboxylic acids is 3. The Labute approximate surface area is 176 Å². The van der Waals surface area contributed by atoms with Crippen LogP contribution in [0.4, 0.5) is 0 Å². The lowest BCUT2D eigenvalue weighted by Gasteiger charge is -2.30. The van der Waals surface area contributed by atoms with Crippen molar-refractivity contribution < 1.29 is 22.8 Å². The summed E-state index contributed by atoms with van der Waals surface area (Å²) in [5, 5.41) is 3.99. The number of benzene rings is 1. The van der Waals surface area contributed by atoms with E-state index in [0.717, 1.165) is 10.5 Å². The summed E-state index contributed by atoms with van der Waals surface area (Å²) in [5.74, 6) is -1.10. The molecule has 0 spiro atoms. The smallest absolute Gasteiger partial charge is 0.243 e. The Morgan fingerprint density at radius 2 is 1.67 bits per heavy atom. The highest BCUT2D eigenvalue weighted by atomic mass is 32.2. The summed E-state index contributed by atoms with van der Waals surface area (Å²) in [6.45, 7) is 4.11. The lowest BCUT2D eigenvalue weighted by Crippen LogP contribution is -2.42. The van der Waals surface area contributed by atoms with Crippen molar-refractivity contribution in [3.63, 3.8) is 0 Å². The molecule has 2 saturated heterocycles. The van der Waals surface area contributed by atoms with Gasteiger partial charge in [-0.25, -0.2) is 13.8 Å². The summed E-state index contributed by atoms with van der Waals surface area (Å²) >= 11 is 0. The zero-order chi connectivity index (χ0) is 21.9. The highest BCUT2D eigenvalue weighted by Crippen LogP contribution is 2.24. The third-order valence-electron chi connectivity index (χ3n) is 5.38. The molecule has 0 aromatic heterocycles. The number of imide groups is 1. The summed E-state index contributed by atoms with van der Waals surface area (Å²) < 4.78 is 26.9. The van der Waals surface area contributed by atoms with Crippen LogP contribution in [0, 0.1) is 12.8 Å². The first-order valence-corrected chi connectivity index (χ1v) is 11.4. The molecule has 3 rings (SSSR count). The zero-order valence-electron chi connectivity index (χ0n) is 17.1. The molecule has 2 aliphatic heterocycles. The number of nitrogens with zero attached hydrogens (tertiary/aromatic N) is 3. The molecule has 0 unspecified atom stereocenters. The van der Waals surface area contributed by atoms with Crippen LogP contribution in [0.15, 0.2) is 34.3 Å². The number of hydrazone groups is 1. The summed E-state index contributed by atoms with van der Waals surface area (Å²) in [7, 11) is -3.57. The van der Waals surface area contributed by atoms with Gasteiger partial charge in [-0.15, -0.1) is 0 Å². The maximum atomic E-state index is 12.8. The lowest BCUT2D eigenvalue weighted by molar-refractivity contribution is -0.137. The van der Waals surface area contributed by atoms with Crippen molar-refractivity contribution in [3.05, 3.63) is 29.8 Å². The first kappa shape index (κ1) is 22.1. The monoisotopic (exact) mass is 434 g/mol. The molecule has 10 heteroatoms. The van der Waals surface area contributed by atoms with Crippen molar-refractivity contribution in [2.24, 2.45) is 11.0 Å². The molecule has 1 aromatic rings. The van der Waals surface area contributed by atoms with Gasteiger partial charge in [-0.05, 0) is 38.8 Å². The van der Waals surface area contributed by atoms with Crippen LogP contribution in [-0.2, 0) is 24.4 Å². The number of likely N-dealkylation sites (tertiary alicyclic amines) is 1. The summed E-state index contributed by atoms with van der Waals surface area (Å²) in [6, 6.07) is 6.71. The number of aryl methyl sites for hydroxylation is 1.